The number of benzene rings is 2. The number of nitrogens with one attached hydrogen (secondary N) is 1. The fraction of sp³-hybridized carbons (Fsp3) is 0.111. The number of methoxy groups -OCH3 is 1. The smallest absolute Gasteiger partial charge is 0.231 e. The number of hydrogen-bond donors (Lipinski definition) is 1. The lowest BCUT2D eigenvalue weighted by Crippen LogP contribution is -2.12. The highest BCUT2D eigenvalue weighted by Crippen LogP contribution is 2.35. The molecule has 0 unspecified atom stereocenters. The number of nitrogens with zero attached hydrogens (tertiary/aromatic N) is 2. The van der Waals surface area contributed by atoms with Crippen LogP contribution >= 0.6 is 0 Å². The van der Waals surface area contributed by atoms with Crippen LogP contribution in [0.4, 0.5) is 5.82 Å². The first kappa shape index (κ1) is 16.7. The summed E-state index contributed by atoms with van der Waals surface area (Å²) in [7, 11) is -2.05. The number of pyridine rings is 1. The highest BCUT2D eigenvalue weighted by Gasteiger charge is 2.16. The van der Waals surface area contributed by atoms with Crippen LogP contribution in [0.25, 0.3) is 22.0 Å². The summed E-state index contributed by atoms with van der Waals surface area (Å²) in [5.74, 6) is 0.483. The van der Waals surface area contributed by atoms with E-state index in [1.54, 1.807) is 12.1 Å². The highest BCUT2D eigenvalue weighted by molar-refractivity contribution is 7.92. The molecule has 3 rings (SSSR count). The molecule has 0 saturated carbocycles. The van der Waals surface area contributed by atoms with Crippen LogP contribution in [-0.2, 0) is 10.0 Å². The zero-order valence-corrected chi connectivity index (χ0v) is 14.5. The van der Waals surface area contributed by atoms with E-state index in [0.29, 0.717) is 16.7 Å². The van der Waals surface area contributed by atoms with Crippen molar-refractivity contribution in [2.24, 2.45) is 0 Å². The first-order valence-electron chi connectivity index (χ1n) is 7.38. The Morgan fingerprint density at radius 1 is 1.16 bits per heavy atom. The van der Waals surface area contributed by atoms with Gasteiger partial charge >= 0.3 is 0 Å². The van der Waals surface area contributed by atoms with E-state index in [9.17, 15) is 13.7 Å². The first-order valence-corrected chi connectivity index (χ1v) is 9.27. The van der Waals surface area contributed by atoms with Crippen LogP contribution in [0.1, 0.15) is 5.56 Å². The third-order valence-electron chi connectivity index (χ3n) is 3.65. The molecular weight excluding hydrogens is 338 g/mol. The molecule has 1 aromatic heterocycles. The Morgan fingerprint density at radius 2 is 1.88 bits per heavy atom. The Labute approximate surface area is 145 Å². The lowest BCUT2D eigenvalue weighted by atomic mass is 9.99. The Balaban J connectivity index is 2.35. The van der Waals surface area contributed by atoms with Crippen molar-refractivity contribution < 1.29 is 13.2 Å². The van der Waals surface area contributed by atoms with Gasteiger partial charge in [0.1, 0.15) is 17.3 Å². The van der Waals surface area contributed by atoms with Gasteiger partial charge in [-0.1, -0.05) is 30.3 Å². The fourth-order valence-electron chi connectivity index (χ4n) is 2.61. The topological polar surface area (TPSA) is 92.1 Å². The molecule has 0 radical (unpaired) electrons. The number of sulfonamides is 1. The lowest BCUT2D eigenvalue weighted by molar-refractivity contribution is 0.419. The van der Waals surface area contributed by atoms with Crippen LogP contribution in [0.15, 0.2) is 48.5 Å². The van der Waals surface area contributed by atoms with Crippen molar-refractivity contribution in [3.05, 3.63) is 54.1 Å². The van der Waals surface area contributed by atoms with Gasteiger partial charge in [-0.3, -0.25) is 4.72 Å². The van der Waals surface area contributed by atoms with Crippen LogP contribution < -0.4 is 9.46 Å². The molecule has 0 bridgehead atoms. The van der Waals surface area contributed by atoms with E-state index in [-0.39, 0.29) is 11.4 Å². The minimum atomic E-state index is -3.56. The van der Waals surface area contributed by atoms with Gasteiger partial charge in [-0.25, -0.2) is 13.4 Å². The standard InChI is InChI=1S/C18H15N3O3S/c1-24-16-9-8-14(12-6-4-3-5-7-12)15-10-13(11-19)18(20-17(15)16)21-25(2,22)23/h3-10H,1-2H3,(H,20,21). The summed E-state index contributed by atoms with van der Waals surface area (Å²) in [5.41, 5.74) is 2.47. The monoisotopic (exact) mass is 353 g/mol. The van der Waals surface area contributed by atoms with Crippen molar-refractivity contribution >= 4 is 26.7 Å². The maximum Gasteiger partial charge on any atom is 0.231 e. The molecule has 2 aromatic carbocycles. The van der Waals surface area contributed by atoms with E-state index in [4.69, 9.17) is 4.74 Å². The minimum absolute atomic E-state index is 0.0130. The normalized spacial score (nSPS) is 11.1. The van der Waals surface area contributed by atoms with Crippen LogP contribution in [-0.4, -0.2) is 26.8 Å². The Kier molecular flexibility index (Phi) is 4.30. The van der Waals surface area contributed by atoms with Gasteiger partial charge in [-0.2, -0.15) is 5.26 Å². The zero-order valence-electron chi connectivity index (χ0n) is 13.6. The summed E-state index contributed by atoms with van der Waals surface area (Å²) in [6.07, 6.45) is 1.01. The van der Waals surface area contributed by atoms with Crippen molar-refractivity contribution in [2.75, 3.05) is 18.1 Å². The number of rotatable bonds is 4. The van der Waals surface area contributed by atoms with Crippen molar-refractivity contribution in [2.45, 2.75) is 0 Å². The van der Waals surface area contributed by atoms with Gasteiger partial charge in [0.25, 0.3) is 0 Å². The molecule has 7 heteroatoms. The molecule has 0 saturated heterocycles. The predicted molar refractivity (Wildman–Crippen MR) is 96.9 cm³/mol. The third kappa shape index (κ3) is 3.39. The maximum atomic E-state index is 11.6. The summed E-state index contributed by atoms with van der Waals surface area (Å²) in [5, 5.41) is 10.1. The average molecular weight is 353 g/mol. The van der Waals surface area contributed by atoms with Crippen molar-refractivity contribution in [1.82, 2.24) is 4.98 Å². The summed E-state index contributed by atoms with van der Waals surface area (Å²) in [6, 6.07) is 17.0. The quantitative estimate of drug-likeness (QED) is 0.778. The SMILES string of the molecule is COc1ccc(-c2ccccc2)c2cc(C#N)c(NS(C)(=O)=O)nc12. The van der Waals surface area contributed by atoms with Gasteiger partial charge in [0.2, 0.25) is 10.0 Å². The second-order valence-corrected chi connectivity index (χ2v) is 7.20. The van der Waals surface area contributed by atoms with E-state index in [1.807, 2.05) is 42.5 Å². The fourth-order valence-corrected chi connectivity index (χ4v) is 3.11. The molecule has 0 fully saturated rings. The van der Waals surface area contributed by atoms with Gasteiger partial charge in [0, 0.05) is 5.39 Å². The summed E-state index contributed by atoms with van der Waals surface area (Å²) >= 11 is 0. The number of hydrogen-bond acceptors (Lipinski definition) is 5. The maximum absolute atomic E-state index is 11.6. The molecule has 126 valence electrons. The summed E-state index contributed by atoms with van der Waals surface area (Å²) in [4.78, 5) is 4.35. The predicted octanol–water partition coefficient (Wildman–Crippen LogP) is 3.15. The van der Waals surface area contributed by atoms with Crippen LogP contribution in [0.5, 0.6) is 5.75 Å². The molecular formula is C18H15N3O3S. The second kappa shape index (κ2) is 6.42. The Morgan fingerprint density at radius 3 is 2.48 bits per heavy atom. The van der Waals surface area contributed by atoms with E-state index in [0.717, 1.165) is 17.4 Å². The molecule has 1 heterocycles. The summed E-state index contributed by atoms with van der Waals surface area (Å²) < 4.78 is 30.8. The van der Waals surface area contributed by atoms with E-state index in [1.165, 1.54) is 7.11 Å². The third-order valence-corrected chi connectivity index (χ3v) is 4.22. The number of fused-ring (bicyclic) bond motifs is 1. The molecule has 25 heavy (non-hydrogen) atoms. The minimum Gasteiger partial charge on any atom is -0.494 e. The van der Waals surface area contributed by atoms with Gasteiger partial charge in [-0.15, -0.1) is 0 Å². The second-order valence-electron chi connectivity index (χ2n) is 5.45. The number of ether oxygens (including phenoxy) is 1. The molecule has 0 spiro atoms. The molecule has 0 aliphatic rings. The first-order chi connectivity index (χ1) is 11.9. The number of aromatic nitrogens is 1. The molecule has 1 N–H and O–H groups in total. The van der Waals surface area contributed by atoms with Crippen LogP contribution in [0.2, 0.25) is 0 Å². The lowest BCUT2D eigenvalue weighted by Gasteiger charge is -2.13. The number of anilines is 1. The zero-order chi connectivity index (χ0) is 18.0. The van der Waals surface area contributed by atoms with Gasteiger partial charge < -0.3 is 4.74 Å². The van der Waals surface area contributed by atoms with Crippen LogP contribution in [0.3, 0.4) is 0 Å². The van der Waals surface area contributed by atoms with Gasteiger partial charge in [0.15, 0.2) is 5.82 Å². The van der Waals surface area contributed by atoms with Crippen LogP contribution in [0, 0.1) is 11.3 Å². The van der Waals surface area contributed by atoms with Gasteiger partial charge in [-0.05, 0) is 29.3 Å². The summed E-state index contributed by atoms with van der Waals surface area (Å²) in [6.45, 7) is 0. The highest BCUT2D eigenvalue weighted by atomic mass is 32.2. The molecule has 0 atom stereocenters. The van der Waals surface area contributed by atoms with Gasteiger partial charge in [0.05, 0.1) is 18.9 Å². The van der Waals surface area contributed by atoms with Crippen molar-refractivity contribution in [3.8, 4) is 22.9 Å². The molecule has 3 aromatic rings. The van der Waals surface area contributed by atoms with E-state index in [2.05, 4.69) is 9.71 Å². The molecule has 0 aliphatic heterocycles. The largest absolute Gasteiger partial charge is 0.494 e. The van der Waals surface area contributed by atoms with E-state index >= 15 is 0 Å². The Bertz CT molecular complexity index is 1090. The Hall–Kier alpha value is -3.11. The molecule has 0 amide bonds. The van der Waals surface area contributed by atoms with Crippen molar-refractivity contribution in [1.29, 1.82) is 5.26 Å². The molecule has 6 nitrogen and oxygen atoms in total. The average Bonchev–Trinajstić information content (AvgIpc) is 2.59. The van der Waals surface area contributed by atoms with Crippen molar-refractivity contribution in [3.63, 3.8) is 0 Å². The van der Waals surface area contributed by atoms with E-state index < -0.39 is 10.0 Å². The molecule has 0 aliphatic carbocycles. The number of nitriles is 1.